The average Bonchev–Trinajstić information content (AvgIpc) is 2.49. The van der Waals surface area contributed by atoms with Crippen molar-refractivity contribution in [3.8, 4) is 5.75 Å². The van der Waals surface area contributed by atoms with Gasteiger partial charge in [0.1, 0.15) is 11.3 Å². The van der Waals surface area contributed by atoms with Gasteiger partial charge in [0.25, 0.3) is 10.1 Å². The third-order valence-corrected chi connectivity index (χ3v) is 3.64. The first-order valence-corrected chi connectivity index (χ1v) is 8.07. The topological polar surface area (TPSA) is 130 Å². The molecule has 0 aliphatic rings. The van der Waals surface area contributed by atoms with Gasteiger partial charge in [-0.1, -0.05) is 6.58 Å². The van der Waals surface area contributed by atoms with E-state index in [0.717, 1.165) is 18.2 Å². The van der Waals surface area contributed by atoms with E-state index in [4.69, 9.17) is 14.4 Å². The molecule has 1 aromatic carbocycles. The van der Waals surface area contributed by atoms with Gasteiger partial charge in [-0.2, -0.15) is 8.42 Å². The first-order valence-electron chi connectivity index (χ1n) is 6.63. The van der Waals surface area contributed by atoms with E-state index in [1.807, 2.05) is 0 Å². The summed E-state index contributed by atoms with van der Waals surface area (Å²) in [5.74, 6) is -1.65. The fraction of sp³-hybridized carbons (Fsp3) is 0.286. The van der Waals surface area contributed by atoms with E-state index in [1.54, 1.807) is 0 Å². The van der Waals surface area contributed by atoms with Gasteiger partial charge >= 0.3 is 65.1 Å². The quantitative estimate of drug-likeness (QED) is 0.167. The molecule has 3 N–H and O–H groups in total. The molecule has 1 rings (SSSR count). The Kier molecular flexibility index (Phi) is 13.8. The summed E-state index contributed by atoms with van der Waals surface area (Å²) in [5.41, 5.74) is -0.361. The smallest absolute Gasteiger partial charge is 1.00 e. The van der Waals surface area contributed by atoms with Gasteiger partial charge in [0.2, 0.25) is 5.91 Å². The molecule has 0 saturated carbocycles. The molecule has 1 amide bonds. The predicted molar refractivity (Wildman–Crippen MR) is 83.4 cm³/mol. The number of aromatic carboxylic acids is 1. The van der Waals surface area contributed by atoms with E-state index in [1.165, 1.54) is 6.07 Å². The van der Waals surface area contributed by atoms with E-state index in [9.17, 15) is 18.0 Å². The normalized spacial score (nSPS) is 9.96. The second-order valence-corrected chi connectivity index (χ2v) is 5.91. The third kappa shape index (κ3) is 9.76. The van der Waals surface area contributed by atoms with E-state index >= 15 is 0 Å². The molecule has 0 aliphatic heterocycles. The number of carboxylic acid groups (broad SMARTS) is 1. The van der Waals surface area contributed by atoms with Crippen LogP contribution in [0.2, 0.25) is 0 Å². The molecule has 25 heavy (non-hydrogen) atoms. The number of benzene rings is 1. The van der Waals surface area contributed by atoms with Gasteiger partial charge in [0.05, 0.1) is 11.5 Å². The van der Waals surface area contributed by atoms with Crippen LogP contribution in [-0.2, 0) is 14.9 Å². The zero-order valence-corrected chi connectivity index (χ0v) is 19.0. The molecule has 8 nitrogen and oxygen atoms in total. The second-order valence-electron chi connectivity index (χ2n) is 4.49. The minimum Gasteiger partial charge on any atom is -1.00 e. The Labute approximate surface area is 193 Å². The van der Waals surface area contributed by atoms with Gasteiger partial charge in [0.15, 0.2) is 0 Å². The Bertz CT molecular complexity index is 717. The largest absolute Gasteiger partial charge is 1.00 e. The number of nitrogens with one attached hydrogen (secondary N) is 1. The molecule has 11 heteroatoms. The van der Waals surface area contributed by atoms with Crippen LogP contribution in [-0.4, -0.2) is 43.1 Å². The number of carbonyl (C=O) groups is 2. The standard InChI is InChI=1S/C14H17NO7S.2Na.2H/c1-2-13(16)15-7-3-4-8-22-12-6-5-10(23(19,20)21)9-11(12)14(17)18;;;;/h2,5-6,9H,1,3-4,7-8H2,(H,15,16)(H,17,18)(H,19,20,21);;;;/q;2*+1;2*-1. The van der Waals surface area contributed by atoms with Crippen molar-refractivity contribution in [3.63, 3.8) is 0 Å². The fourth-order valence-electron chi connectivity index (χ4n) is 1.66. The summed E-state index contributed by atoms with van der Waals surface area (Å²) >= 11 is 0. The van der Waals surface area contributed by atoms with Crippen LogP contribution in [0.15, 0.2) is 35.7 Å². The summed E-state index contributed by atoms with van der Waals surface area (Å²) in [6.07, 6.45) is 2.33. The zero-order chi connectivity index (χ0) is 17.5. The summed E-state index contributed by atoms with van der Waals surface area (Å²) in [5, 5.41) is 11.7. The van der Waals surface area contributed by atoms with Crippen LogP contribution in [0.25, 0.3) is 0 Å². The summed E-state index contributed by atoms with van der Waals surface area (Å²) in [6, 6.07) is 3.06. The van der Waals surface area contributed by atoms with Gasteiger partial charge in [0, 0.05) is 6.54 Å². The van der Waals surface area contributed by atoms with Gasteiger partial charge in [-0.3, -0.25) is 9.35 Å². The molecule has 0 bridgehead atoms. The van der Waals surface area contributed by atoms with Crippen molar-refractivity contribution in [2.75, 3.05) is 13.2 Å². The maximum Gasteiger partial charge on any atom is 1.00 e. The molecule has 0 radical (unpaired) electrons. The van der Waals surface area contributed by atoms with Crippen molar-refractivity contribution >= 4 is 22.0 Å². The van der Waals surface area contributed by atoms with E-state index < -0.39 is 21.0 Å². The molecule has 1 aromatic rings. The number of hydrogen-bond donors (Lipinski definition) is 3. The zero-order valence-electron chi connectivity index (χ0n) is 16.2. The molecule has 0 heterocycles. The number of carboxylic acids is 1. The molecule has 0 unspecified atom stereocenters. The maximum atomic E-state index is 11.1. The molecule has 0 fully saturated rings. The third-order valence-electron chi connectivity index (χ3n) is 2.79. The number of unbranched alkanes of at least 4 members (excludes halogenated alkanes) is 1. The summed E-state index contributed by atoms with van der Waals surface area (Å²) in [7, 11) is -4.49. The van der Waals surface area contributed by atoms with Crippen LogP contribution in [0.1, 0.15) is 26.1 Å². The van der Waals surface area contributed by atoms with Crippen LogP contribution in [0.3, 0.4) is 0 Å². The first kappa shape index (κ1) is 26.8. The van der Waals surface area contributed by atoms with Crippen molar-refractivity contribution < 1.29 is 94.4 Å². The Balaban J connectivity index is -0.000000661. The first-order chi connectivity index (χ1) is 10.8. The van der Waals surface area contributed by atoms with Gasteiger partial charge < -0.3 is 18.0 Å². The molecule has 0 saturated heterocycles. The predicted octanol–water partition coefficient (Wildman–Crippen LogP) is -4.67. The summed E-state index contributed by atoms with van der Waals surface area (Å²) in [6.45, 7) is 3.94. The van der Waals surface area contributed by atoms with Crippen molar-refractivity contribution in [3.05, 3.63) is 36.4 Å². The second kappa shape index (κ2) is 12.9. The molecular weight excluding hydrogens is 372 g/mol. The van der Waals surface area contributed by atoms with Crippen LogP contribution in [0.5, 0.6) is 5.75 Å². The Morgan fingerprint density at radius 3 is 2.44 bits per heavy atom. The van der Waals surface area contributed by atoms with Crippen LogP contribution in [0.4, 0.5) is 0 Å². The van der Waals surface area contributed by atoms with Gasteiger partial charge in [-0.05, 0) is 37.1 Å². The van der Waals surface area contributed by atoms with Crippen LogP contribution < -0.4 is 69.2 Å². The minimum absolute atomic E-state index is 0. The molecular formula is C14H19NNa2O7S. The van der Waals surface area contributed by atoms with Crippen molar-refractivity contribution in [2.45, 2.75) is 17.7 Å². The Morgan fingerprint density at radius 2 is 1.92 bits per heavy atom. The summed E-state index contributed by atoms with van der Waals surface area (Å²) in [4.78, 5) is 21.5. The van der Waals surface area contributed by atoms with Crippen molar-refractivity contribution in [2.24, 2.45) is 0 Å². The number of amides is 1. The number of ether oxygens (including phenoxy) is 1. The average molecular weight is 391 g/mol. The minimum atomic E-state index is -4.49. The number of hydrogen-bond acceptors (Lipinski definition) is 5. The van der Waals surface area contributed by atoms with Crippen LogP contribution in [0, 0.1) is 0 Å². The van der Waals surface area contributed by atoms with E-state index in [0.29, 0.717) is 19.4 Å². The molecule has 130 valence electrons. The van der Waals surface area contributed by atoms with E-state index in [2.05, 4.69) is 11.9 Å². The maximum absolute atomic E-state index is 11.1. The Hall–Kier alpha value is -0.390. The molecule has 0 atom stereocenters. The van der Waals surface area contributed by atoms with Crippen LogP contribution >= 0.6 is 0 Å². The van der Waals surface area contributed by atoms with Crippen molar-refractivity contribution in [1.29, 1.82) is 0 Å². The number of rotatable bonds is 9. The van der Waals surface area contributed by atoms with E-state index in [-0.39, 0.29) is 85.8 Å². The Morgan fingerprint density at radius 1 is 1.28 bits per heavy atom. The molecule has 0 aliphatic carbocycles. The monoisotopic (exact) mass is 391 g/mol. The number of carbonyl (C=O) groups excluding carboxylic acids is 1. The SMILES string of the molecule is C=CC(=O)NCCCCOc1ccc(S(=O)(=O)O)cc1C(=O)O.[H-].[H-].[Na+].[Na+]. The summed E-state index contributed by atoms with van der Waals surface area (Å²) < 4.78 is 36.3. The molecule has 0 spiro atoms. The molecule has 0 aromatic heterocycles. The van der Waals surface area contributed by atoms with Crippen molar-refractivity contribution in [1.82, 2.24) is 5.32 Å². The van der Waals surface area contributed by atoms with Gasteiger partial charge in [-0.15, -0.1) is 0 Å². The fourth-order valence-corrected chi connectivity index (χ4v) is 2.16. The van der Waals surface area contributed by atoms with Gasteiger partial charge in [-0.25, -0.2) is 4.79 Å².